The van der Waals surface area contributed by atoms with Crippen LogP contribution in [-0.4, -0.2) is 42.0 Å². The monoisotopic (exact) mass is 294 g/mol. The van der Waals surface area contributed by atoms with Gasteiger partial charge in [-0.3, -0.25) is 9.59 Å². The SMILES string of the molecule is Cc1ccc(F)cc1NC(=O)C(=O)N1CCO[C@@H](C)[C@@H]1C. The average molecular weight is 294 g/mol. The van der Waals surface area contributed by atoms with Crippen LogP contribution in [0.1, 0.15) is 19.4 Å². The number of hydrogen-bond acceptors (Lipinski definition) is 3. The molecule has 1 saturated heterocycles. The Bertz CT molecular complexity index is 562. The predicted molar refractivity (Wildman–Crippen MR) is 76.4 cm³/mol. The Kier molecular flexibility index (Phi) is 4.57. The topological polar surface area (TPSA) is 58.6 Å². The first-order chi connectivity index (χ1) is 9.90. The van der Waals surface area contributed by atoms with Gasteiger partial charge in [-0.2, -0.15) is 0 Å². The second-order valence-electron chi connectivity index (χ2n) is 5.23. The number of carbonyl (C=O) groups excluding carboxylic acids is 2. The maximum absolute atomic E-state index is 13.2. The van der Waals surface area contributed by atoms with Crippen molar-refractivity contribution >= 4 is 17.5 Å². The van der Waals surface area contributed by atoms with Crippen molar-refractivity contribution in [3.8, 4) is 0 Å². The van der Waals surface area contributed by atoms with Crippen molar-refractivity contribution in [3.05, 3.63) is 29.6 Å². The van der Waals surface area contributed by atoms with E-state index in [-0.39, 0.29) is 12.1 Å². The van der Waals surface area contributed by atoms with E-state index in [0.717, 1.165) is 0 Å². The van der Waals surface area contributed by atoms with Gasteiger partial charge in [0.25, 0.3) is 0 Å². The van der Waals surface area contributed by atoms with E-state index in [9.17, 15) is 14.0 Å². The molecule has 1 N–H and O–H groups in total. The van der Waals surface area contributed by atoms with Crippen molar-refractivity contribution in [2.75, 3.05) is 18.5 Å². The van der Waals surface area contributed by atoms with Crippen LogP contribution in [0, 0.1) is 12.7 Å². The fraction of sp³-hybridized carbons (Fsp3) is 0.467. The Morgan fingerprint density at radius 1 is 1.38 bits per heavy atom. The molecule has 1 aromatic rings. The lowest BCUT2D eigenvalue weighted by Gasteiger charge is -2.37. The largest absolute Gasteiger partial charge is 0.375 e. The van der Waals surface area contributed by atoms with E-state index >= 15 is 0 Å². The molecule has 1 aliphatic heterocycles. The van der Waals surface area contributed by atoms with Crippen LogP contribution in [0.25, 0.3) is 0 Å². The van der Waals surface area contributed by atoms with Crippen LogP contribution < -0.4 is 5.32 Å². The van der Waals surface area contributed by atoms with Crippen molar-refractivity contribution in [3.63, 3.8) is 0 Å². The summed E-state index contributed by atoms with van der Waals surface area (Å²) in [7, 11) is 0. The molecule has 0 bridgehead atoms. The van der Waals surface area contributed by atoms with Crippen molar-refractivity contribution in [1.82, 2.24) is 4.90 Å². The van der Waals surface area contributed by atoms with Gasteiger partial charge in [0.1, 0.15) is 5.82 Å². The van der Waals surface area contributed by atoms with Crippen molar-refractivity contribution < 1.29 is 18.7 Å². The molecule has 1 heterocycles. The van der Waals surface area contributed by atoms with Gasteiger partial charge in [-0.1, -0.05) is 6.07 Å². The summed E-state index contributed by atoms with van der Waals surface area (Å²) in [6.45, 7) is 6.21. The number of rotatable bonds is 1. The van der Waals surface area contributed by atoms with Gasteiger partial charge in [0.15, 0.2) is 0 Å². The van der Waals surface area contributed by atoms with E-state index < -0.39 is 17.6 Å². The Hall–Kier alpha value is -1.95. The molecule has 0 radical (unpaired) electrons. The van der Waals surface area contributed by atoms with Gasteiger partial charge in [0.2, 0.25) is 0 Å². The van der Waals surface area contributed by atoms with Gasteiger partial charge < -0.3 is 15.0 Å². The third kappa shape index (κ3) is 3.39. The Morgan fingerprint density at radius 2 is 2.10 bits per heavy atom. The lowest BCUT2D eigenvalue weighted by molar-refractivity contribution is -0.152. The summed E-state index contributed by atoms with van der Waals surface area (Å²) >= 11 is 0. The highest BCUT2D eigenvalue weighted by Gasteiger charge is 2.32. The molecule has 5 nitrogen and oxygen atoms in total. The molecular formula is C15H19FN2O3. The van der Waals surface area contributed by atoms with E-state index in [1.54, 1.807) is 13.0 Å². The van der Waals surface area contributed by atoms with Gasteiger partial charge in [-0.05, 0) is 38.5 Å². The van der Waals surface area contributed by atoms with E-state index in [1.165, 1.54) is 17.0 Å². The number of nitrogens with one attached hydrogen (secondary N) is 1. The van der Waals surface area contributed by atoms with Crippen LogP contribution >= 0.6 is 0 Å². The summed E-state index contributed by atoms with van der Waals surface area (Å²) in [4.78, 5) is 25.8. The summed E-state index contributed by atoms with van der Waals surface area (Å²) in [6, 6.07) is 3.88. The number of hydrogen-bond donors (Lipinski definition) is 1. The normalized spacial score (nSPS) is 22.0. The zero-order valence-corrected chi connectivity index (χ0v) is 12.4. The summed E-state index contributed by atoms with van der Waals surface area (Å²) in [5.41, 5.74) is 1.00. The van der Waals surface area contributed by atoms with Crippen LogP contribution in [-0.2, 0) is 14.3 Å². The number of morpholine rings is 1. The number of aryl methyl sites for hydroxylation is 1. The van der Waals surface area contributed by atoms with Gasteiger partial charge in [-0.25, -0.2) is 4.39 Å². The van der Waals surface area contributed by atoms with Crippen molar-refractivity contribution in [1.29, 1.82) is 0 Å². The molecule has 0 spiro atoms. The van der Waals surface area contributed by atoms with Crippen LogP contribution in [0.2, 0.25) is 0 Å². The molecule has 0 saturated carbocycles. The fourth-order valence-electron chi connectivity index (χ4n) is 2.25. The van der Waals surface area contributed by atoms with Crippen LogP contribution in [0.4, 0.5) is 10.1 Å². The highest BCUT2D eigenvalue weighted by molar-refractivity contribution is 6.39. The van der Waals surface area contributed by atoms with E-state index in [1.807, 2.05) is 13.8 Å². The zero-order valence-electron chi connectivity index (χ0n) is 12.4. The molecule has 0 aliphatic carbocycles. The minimum Gasteiger partial charge on any atom is -0.375 e. The molecule has 2 atom stereocenters. The first-order valence-electron chi connectivity index (χ1n) is 6.90. The van der Waals surface area contributed by atoms with Gasteiger partial charge >= 0.3 is 11.8 Å². The van der Waals surface area contributed by atoms with E-state index in [0.29, 0.717) is 24.4 Å². The number of ether oxygens (including phenoxy) is 1. The molecule has 0 unspecified atom stereocenters. The smallest absolute Gasteiger partial charge is 0.313 e. The molecule has 0 aromatic heterocycles. The van der Waals surface area contributed by atoms with Gasteiger partial charge in [-0.15, -0.1) is 0 Å². The zero-order chi connectivity index (χ0) is 15.6. The predicted octanol–water partition coefficient (Wildman–Crippen LogP) is 1.71. The number of nitrogens with zero attached hydrogens (tertiary/aromatic N) is 1. The molecule has 2 rings (SSSR count). The lowest BCUT2D eigenvalue weighted by Crippen LogP contribution is -2.54. The average Bonchev–Trinajstić information content (AvgIpc) is 2.45. The number of amides is 2. The highest BCUT2D eigenvalue weighted by Crippen LogP contribution is 2.17. The molecule has 6 heteroatoms. The number of halogens is 1. The molecule has 114 valence electrons. The quantitative estimate of drug-likeness (QED) is 0.802. The third-order valence-corrected chi connectivity index (χ3v) is 3.79. The molecular weight excluding hydrogens is 275 g/mol. The maximum atomic E-state index is 13.2. The first kappa shape index (κ1) is 15.4. The van der Waals surface area contributed by atoms with Gasteiger partial charge in [0.05, 0.1) is 18.8 Å². The van der Waals surface area contributed by atoms with Crippen molar-refractivity contribution in [2.24, 2.45) is 0 Å². The molecule has 1 fully saturated rings. The molecule has 21 heavy (non-hydrogen) atoms. The Balaban J connectivity index is 2.09. The maximum Gasteiger partial charge on any atom is 0.313 e. The van der Waals surface area contributed by atoms with Crippen LogP contribution in [0.15, 0.2) is 18.2 Å². The highest BCUT2D eigenvalue weighted by atomic mass is 19.1. The summed E-state index contributed by atoms with van der Waals surface area (Å²) in [5, 5.41) is 2.47. The second kappa shape index (κ2) is 6.22. The third-order valence-electron chi connectivity index (χ3n) is 3.79. The summed E-state index contributed by atoms with van der Waals surface area (Å²) in [5.74, 6) is -1.84. The number of benzene rings is 1. The summed E-state index contributed by atoms with van der Waals surface area (Å²) < 4.78 is 18.6. The Labute approximate surface area is 123 Å². The standard InChI is InChI=1S/C15H19FN2O3/c1-9-4-5-12(16)8-13(9)17-14(19)15(20)18-6-7-21-11(3)10(18)2/h4-5,8,10-11H,6-7H2,1-3H3,(H,17,19)/t10-,11-/m0/s1. The molecule has 1 aromatic carbocycles. The minimum atomic E-state index is -0.760. The van der Waals surface area contributed by atoms with Crippen LogP contribution in [0.5, 0.6) is 0 Å². The van der Waals surface area contributed by atoms with Crippen LogP contribution in [0.3, 0.4) is 0 Å². The first-order valence-corrected chi connectivity index (χ1v) is 6.90. The summed E-state index contributed by atoms with van der Waals surface area (Å²) in [6.07, 6.45) is -0.119. The minimum absolute atomic E-state index is 0.119. The van der Waals surface area contributed by atoms with E-state index in [4.69, 9.17) is 4.74 Å². The van der Waals surface area contributed by atoms with E-state index in [2.05, 4.69) is 5.32 Å². The second-order valence-corrected chi connectivity index (χ2v) is 5.23. The fourth-order valence-corrected chi connectivity index (χ4v) is 2.25. The number of carbonyl (C=O) groups is 2. The molecule has 1 aliphatic rings. The van der Waals surface area contributed by atoms with Gasteiger partial charge in [0, 0.05) is 12.2 Å². The van der Waals surface area contributed by atoms with Crippen molar-refractivity contribution in [2.45, 2.75) is 32.9 Å². The number of anilines is 1. The lowest BCUT2D eigenvalue weighted by atomic mass is 10.1. The molecule has 2 amide bonds. The Morgan fingerprint density at radius 3 is 2.81 bits per heavy atom.